The van der Waals surface area contributed by atoms with Crippen LogP contribution in [0.2, 0.25) is 0 Å². The van der Waals surface area contributed by atoms with E-state index < -0.39 is 5.97 Å². The van der Waals surface area contributed by atoms with Crippen molar-refractivity contribution in [3.8, 4) is 0 Å². The Morgan fingerprint density at radius 1 is 0.952 bits per heavy atom. The smallest absolute Gasteiger partial charge is 0.320 e. The largest absolute Gasteiger partial charge is 0.480 e. The van der Waals surface area contributed by atoms with Crippen LogP contribution >= 0.6 is 0 Å². The highest BCUT2D eigenvalue weighted by Gasteiger charge is 2.34. The SMILES string of the molecule is O=C(O)CN1CCN(C(=O)N2CCN3CCCC3C2)CC1. The first kappa shape index (κ1) is 14.6. The summed E-state index contributed by atoms with van der Waals surface area (Å²) in [5.74, 6) is -0.799. The highest BCUT2D eigenvalue weighted by Crippen LogP contribution is 2.22. The number of carboxylic acid groups (broad SMARTS) is 1. The van der Waals surface area contributed by atoms with E-state index >= 15 is 0 Å². The minimum absolute atomic E-state index is 0.0722. The first-order valence-corrected chi connectivity index (χ1v) is 7.85. The number of carbonyl (C=O) groups is 2. The minimum atomic E-state index is -0.799. The van der Waals surface area contributed by atoms with Crippen LogP contribution in [0.3, 0.4) is 0 Å². The van der Waals surface area contributed by atoms with Gasteiger partial charge in [-0.2, -0.15) is 0 Å². The quantitative estimate of drug-likeness (QED) is 0.750. The molecule has 1 unspecified atom stereocenters. The van der Waals surface area contributed by atoms with Crippen molar-refractivity contribution in [3.63, 3.8) is 0 Å². The molecular formula is C14H24N4O3. The zero-order valence-corrected chi connectivity index (χ0v) is 12.4. The molecule has 0 saturated carbocycles. The lowest BCUT2D eigenvalue weighted by atomic mass is 10.1. The van der Waals surface area contributed by atoms with E-state index in [-0.39, 0.29) is 12.6 Å². The van der Waals surface area contributed by atoms with Crippen LogP contribution in [0.5, 0.6) is 0 Å². The average molecular weight is 296 g/mol. The number of carboxylic acids is 1. The summed E-state index contributed by atoms with van der Waals surface area (Å²) in [7, 11) is 0. The number of nitrogens with zero attached hydrogens (tertiary/aromatic N) is 4. The van der Waals surface area contributed by atoms with Gasteiger partial charge in [0.05, 0.1) is 6.54 Å². The summed E-state index contributed by atoms with van der Waals surface area (Å²) in [6.45, 7) is 6.51. The Morgan fingerprint density at radius 3 is 2.38 bits per heavy atom. The summed E-state index contributed by atoms with van der Waals surface area (Å²) < 4.78 is 0. The molecule has 0 aromatic heterocycles. The molecule has 0 spiro atoms. The summed E-state index contributed by atoms with van der Waals surface area (Å²) >= 11 is 0. The zero-order valence-electron chi connectivity index (χ0n) is 12.4. The fourth-order valence-electron chi connectivity index (χ4n) is 3.65. The zero-order chi connectivity index (χ0) is 14.8. The molecule has 3 rings (SSSR count). The Balaban J connectivity index is 1.49. The van der Waals surface area contributed by atoms with Gasteiger partial charge in [0.2, 0.25) is 0 Å². The molecule has 0 bridgehead atoms. The van der Waals surface area contributed by atoms with E-state index in [2.05, 4.69) is 4.90 Å². The third kappa shape index (κ3) is 3.29. The van der Waals surface area contributed by atoms with Crippen LogP contribution in [-0.4, -0.2) is 102 Å². The monoisotopic (exact) mass is 296 g/mol. The number of piperazine rings is 2. The van der Waals surface area contributed by atoms with Crippen LogP contribution in [0.1, 0.15) is 12.8 Å². The van der Waals surface area contributed by atoms with Crippen LogP contribution < -0.4 is 0 Å². The van der Waals surface area contributed by atoms with Crippen molar-refractivity contribution in [3.05, 3.63) is 0 Å². The fourth-order valence-corrected chi connectivity index (χ4v) is 3.65. The van der Waals surface area contributed by atoms with Gasteiger partial charge < -0.3 is 14.9 Å². The third-order valence-electron chi connectivity index (χ3n) is 4.86. The second-order valence-corrected chi connectivity index (χ2v) is 6.22. The van der Waals surface area contributed by atoms with Crippen molar-refractivity contribution in [1.29, 1.82) is 0 Å². The minimum Gasteiger partial charge on any atom is -0.480 e. The van der Waals surface area contributed by atoms with Gasteiger partial charge in [0.1, 0.15) is 0 Å². The van der Waals surface area contributed by atoms with E-state index in [9.17, 15) is 9.59 Å². The van der Waals surface area contributed by atoms with E-state index in [1.807, 2.05) is 14.7 Å². The Labute approximate surface area is 125 Å². The molecule has 0 aromatic carbocycles. The van der Waals surface area contributed by atoms with Crippen LogP contribution in [0, 0.1) is 0 Å². The molecule has 0 aliphatic carbocycles. The maximum absolute atomic E-state index is 12.6. The molecule has 3 heterocycles. The predicted molar refractivity (Wildman–Crippen MR) is 77.2 cm³/mol. The lowest BCUT2D eigenvalue weighted by Gasteiger charge is -2.41. The number of urea groups is 1. The van der Waals surface area contributed by atoms with Gasteiger partial charge in [-0.1, -0.05) is 0 Å². The fraction of sp³-hybridized carbons (Fsp3) is 0.857. The first-order valence-electron chi connectivity index (χ1n) is 7.85. The molecule has 3 aliphatic heterocycles. The van der Waals surface area contributed by atoms with Crippen molar-refractivity contribution in [2.45, 2.75) is 18.9 Å². The Morgan fingerprint density at radius 2 is 1.67 bits per heavy atom. The van der Waals surface area contributed by atoms with Gasteiger partial charge in [0, 0.05) is 51.9 Å². The van der Waals surface area contributed by atoms with E-state index in [4.69, 9.17) is 5.11 Å². The Hall–Kier alpha value is -1.34. The molecule has 0 radical (unpaired) electrons. The van der Waals surface area contributed by atoms with Crippen LogP contribution in [0.4, 0.5) is 4.79 Å². The number of carbonyl (C=O) groups excluding carboxylic acids is 1. The average Bonchev–Trinajstić information content (AvgIpc) is 2.94. The molecule has 7 nitrogen and oxygen atoms in total. The van der Waals surface area contributed by atoms with Gasteiger partial charge in [-0.3, -0.25) is 14.6 Å². The standard InChI is InChI=1S/C14H24N4O3/c19-13(20)11-15-4-6-17(7-5-15)14(21)18-9-8-16-3-1-2-12(16)10-18/h12H,1-11H2,(H,19,20). The van der Waals surface area contributed by atoms with Gasteiger partial charge in [-0.15, -0.1) is 0 Å². The second-order valence-electron chi connectivity index (χ2n) is 6.22. The van der Waals surface area contributed by atoms with Gasteiger partial charge in [-0.25, -0.2) is 4.79 Å². The van der Waals surface area contributed by atoms with Crippen molar-refractivity contribution >= 4 is 12.0 Å². The molecule has 21 heavy (non-hydrogen) atoms. The molecule has 7 heteroatoms. The number of hydrogen-bond acceptors (Lipinski definition) is 4. The summed E-state index contributed by atoms with van der Waals surface area (Å²) in [6, 6.07) is 0.688. The Kier molecular flexibility index (Phi) is 4.30. The third-order valence-corrected chi connectivity index (χ3v) is 4.86. The lowest BCUT2D eigenvalue weighted by Crippen LogP contribution is -2.58. The van der Waals surface area contributed by atoms with Crippen molar-refractivity contribution < 1.29 is 14.7 Å². The normalized spacial score (nSPS) is 27.7. The van der Waals surface area contributed by atoms with Crippen molar-refractivity contribution in [2.75, 3.05) is 58.9 Å². The molecule has 0 aromatic rings. The van der Waals surface area contributed by atoms with Gasteiger partial charge in [0.25, 0.3) is 0 Å². The number of aliphatic carboxylic acids is 1. The Bertz CT molecular complexity index is 409. The molecule has 1 atom stereocenters. The molecule has 118 valence electrons. The molecule has 3 saturated heterocycles. The molecule has 3 aliphatic rings. The number of rotatable bonds is 2. The van der Waals surface area contributed by atoms with Crippen LogP contribution in [-0.2, 0) is 4.79 Å². The summed E-state index contributed by atoms with van der Waals surface area (Å²) in [5, 5.41) is 8.80. The maximum Gasteiger partial charge on any atom is 0.320 e. The predicted octanol–water partition coefficient (Wildman–Crippen LogP) is -0.411. The van der Waals surface area contributed by atoms with Crippen LogP contribution in [0.15, 0.2) is 0 Å². The van der Waals surface area contributed by atoms with E-state index in [1.165, 1.54) is 19.4 Å². The number of fused-ring (bicyclic) bond motifs is 1. The first-order chi connectivity index (χ1) is 10.1. The molecule has 3 fully saturated rings. The number of amides is 2. The van der Waals surface area contributed by atoms with Gasteiger partial charge in [-0.05, 0) is 19.4 Å². The van der Waals surface area contributed by atoms with E-state index in [0.29, 0.717) is 32.2 Å². The summed E-state index contributed by atoms with van der Waals surface area (Å²) in [6.07, 6.45) is 2.46. The highest BCUT2D eigenvalue weighted by atomic mass is 16.4. The van der Waals surface area contributed by atoms with E-state index in [1.54, 1.807) is 0 Å². The molecular weight excluding hydrogens is 272 g/mol. The lowest BCUT2D eigenvalue weighted by molar-refractivity contribution is -0.138. The second kappa shape index (κ2) is 6.19. The summed E-state index contributed by atoms with van der Waals surface area (Å²) in [5.41, 5.74) is 0. The van der Waals surface area contributed by atoms with E-state index in [0.717, 1.165) is 19.6 Å². The van der Waals surface area contributed by atoms with Crippen molar-refractivity contribution in [2.24, 2.45) is 0 Å². The van der Waals surface area contributed by atoms with Gasteiger partial charge in [0.15, 0.2) is 0 Å². The molecule has 1 N–H and O–H groups in total. The van der Waals surface area contributed by atoms with Crippen LogP contribution in [0.25, 0.3) is 0 Å². The van der Waals surface area contributed by atoms with Crippen molar-refractivity contribution in [1.82, 2.24) is 19.6 Å². The highest BCUT2D eigenvalue weighted by molar-refractivity contribution is 5.75. The topological polar surface area (TPSA) is 67.3 Å². The van der Waals surface area contributed by atoms with Gasteiger partial charge >= 0.3 is 12.0 Å². The summed E-state index contributed by atoms with van der Waals surface area (Å²) in [4.78, 5) is 31.5. The molecule has 2 amide bonds. The number of hydrogen-bond donors (Lipinski definition) is 1. The maximum atomic E-state index is 12.6.